The van der Waals surface area contributed by atoms with Gasteiger partial charge in [-0.25, -0.2) is 0 Å². The van der Waals surface area contributed by atoms with Crippen molar-refractivity contribution in [2.75, 3.05) is 11.5 Å². The quantitative estimate of drug-likeness (QED) is 0.588. The fraction of sp³-hybridized carbons (Fsp3) is 0.571. The van der Waals surface area contributed by atoms with Crippen LogP contribution in [0.2, 0.25) is 0 Å². The number of benzene rings is 1. The third kappa shape index (κ3) is 2.91. The third-order valence-electron chi connectivity index (χ3n) is 3.33. The first-order valence-corrected chi connectivity index (χ1v) is 6.22. The lowest BCUT2D eigenvalue weighted by Gasteiger charge is -2.14. The van der Waals surface area contributed by atoms with Gasteiger partial charge in [0.05, 0.1) is 11.4 Å². The van der Waals surface area contributed by atoms with Gasteiger partial charge in [-0.15, -0.1) is 0 Å². The van der Waals surface area contributed by atoms with Crippen LogP contribution in [-0.2, 0) is 6.42 Å². The maximum Gasteiger partial charge on any atom is 0.0583 e. The molecule has 0 heterocycles. The fourth-order valence-corrected chi connectivity index (χ4v) is 2.08. The molecule has 0 aliphatic heterocycles. The molecule has 0 fully saturated rings. The minimum Gasteiger partial charge on any atom is -0.397 e. The summed E-state index contributed by atoms with van der Waals surface area (Å²) in [5.41, 5.74) is 17.3. The van der Waals surface area contributed by atoms with Crippen molar-refractivity contribution in [3.8, 4) is 0 Å². The molecule has 4 N–H and O–H groups in total. The van der Waals surface area contributed by atoms with Gasteiger partial charge in [0, 0.05) is 0 Å². The highest BCUT2D eigenvalue weighted by molar-refractivity contribution is 5.70. The molecule has 0 saturated heterocycles. The van der Waals surface area contributed by atoms with Gasteiger partial charge >= 0.3 is 0 Å². The Morgan fingerprint density at radius 2 is 1.75 bits per heavy atom. The number of nitrogen functional groups attached to an aromatic ring is 2. The predicted molar refractivity (Wildman–Crippen MR) is 72.6 cm³/mol. The Bertz CT molecular complexity index is 330. The Labute approximate surface area is 99.0 Å². The number of rotatable bonds is 5. The van der Waals surface area contributed by atoms with E-state index in [2.05, 4.69) is 20.8 Å². The van der Waals surface area contributed by atoms with Gasteiger partial charge in [0.15, 0.2) is 0 Å². The molecule has 0 spiro atoms. The fourth-order valence-electron chi connectivity index (χ4n) is 2.08. The number of hydrogen-bond acceptors (Lipinski definition) is 2. The summed E-state index contributed by atoms with van der Waals surface area (Å²) in [5.74, 6) is 0. The van der Waals surface area contributed by atoms with Crippen LogP contribution < -0.4 is 11.5 Å². The molecule has 0 amide bonds. The number of hydrogen-bond donors (Lipinski definition) is 2. The molecule has 2 nitrogen and oxygen atoms in total. The van der Waals surface area contributed by atoms with E-state index in [1.807, 2.05) is 6.07 Å². The van der Waals surface area contributed by atoms with Gasteiger partial charge < -0.3 is 11.5 Å². The molecule has 1 aromatic carbocycles. The van der Waals surface area contributed by atoms with Crippen molar-refractivity contribution >= 4 is 11.4 Å². The lowest BCUT2D eigenvalue weighted by molar-refractivity contribution is 0.666. The maximum atomic E-state index is 6.04. The summed E-state index contributed by atoms with van der Waals surface area (Å²) in [7, 11) is 0. The van der Waals surface area contributed by atoms with Crippen molar-refractivity contribution in [2.24, 2.45) is 0 Å². The number of nitrogens with two attached hydrogens (primary N) is 2. The molecule has 1 aromatic rings. The van der Waals surface area contributed by atoms with E-state index in [1.54, 1.807) is 0 Å². The second kappa shape index (κ2) is 5.78. The van der Waals surface area contributed by atoms with Crippen molar-refractivity contribution in [1.82, 2.24) is 0 Å². The average Bonchev–Trinajstić information content (AvgIpc) is 2.25. The van der Waals surface area contributed by atoms with Crippen LogP contribution in [0, 0.1) is 13.8 Å². The molecule has 0 aliphatic rings. The van der Waals surface area contributed by atoms with Gasteiger partial charge in [-0.05, 0) is 49.4 Å². The van der Waals surface area contributed by atoms with Crippen LogP contribution in [-0.4, -0.2) is 0 Å². The average molecular weight is 220 g/mol. The number of unbranched alkanes of at least 4 members (excludes halogenated alkanes) is 3. The second-order valence-corrected chi connectivity index (χ2v) is 4.61. The first-order chi connectivity index (χ1) is 7.57. The zero-order valence-electron chi connectivity index (χ0n) is 10.8. The molecule has 0 saturated carbocycles. The minimum absolute atomic E-state index is 0.730. The van der Waals surface area contributed by atoms with E-state index in [9.17, 15) is 0 Å². The summed E-state index contributed by atoms with van der Waals surface area (Å²) >= 11 is 0. The van der Waals surface area contributed by atoms with Crippen molar-refractivity contribution in [3.63, 3.8) is 0 Å². The third-order valence-corrected chi connectivity index (χ3v) is 3.33. The molecule has 0 unspecified atom stereocenters. The molecule has 2 heteroatoms. The van der Waals surface area contributed by atoms with E-state index >= 15 is 0 Å². The van der Waals surface area contributed by atoms with Crippen LogP contribution in [0.5, 0.6) is 0 Å². The molecular weight excluding hydrogens is 196 g/mol. The van der Waals surface area contributed by atoms with Crippen LogP contribution in [0.1, 0.15) is 49.3 Å². The van der Waals surface area contributed by atoms with Crippen molar-refractivity contribution in [1.29, 1.82) is 0 Å². The van der Waals surface area contributed by atoms with E-state index in [0.29, 0.717) is 0 Å². The number of anilines is 2. The first-order valence-electron chi connectivity index (χ1n) is 6.22. The molecular formula is C14H24N2. The molecule has 90 valence electrons. The molecule has 0 bridgehead atoms. The van der Waals surface area contributed by atoms with E-state index in [-0.39, 0.29) is 0 Å². The Morgan fingerprint density at radius 1 is 1.06 bits per heavy atom. The van der Waals surface area contributed by atoms with Crippen LogP contribution in [0.3, 0.4) is 0 Å². The zero-order valence-corrected chi connectivity index (χ0v) is 10.8. The summed E-state index contributed by atoms with van der Waals surface area (Å²) in [4.78, 5) is 0. The van der Waals surface area contributed by atoms with Gasteiger partial charge in [0.25, 0.3) is 0 Å². The molecule has 1 rings (SSSR count). The number of aryl methyl sites for hydroxylation is 1. The normalized spacial score (nSPS) is 10.7. The highest BCUT2D eigenvalue weighted by atomic mass is 14.7. The monoisotopic (exact) mass is 220 g/mol. The topological polar surface area (TPSA) is 52.0 Å². The smallest absolute Gasteiger partial charge is 0.0583 e. The van der Waals surface area contributed by atoms with Gasteiger partial charge in [0.1, 0.15) is 0 Å². The van der Waals surface area contributed by atoms with E-state index in [0.717, 1.165) is 17.8 Å². The van der Waals surface area contributed by atoms with Crippen LogP contribution in [0.25, 0.3) is 0 Å². The van der Waals surface area contributed by atoms with Gasteiger partial charge in [-0.3, -0.25) is 0 Å². The van der Waals surface area contributed by atoms with Gasteiger partial charge in [0.2, 0.25) is 0 Å². The SMILES string of the molecule is CCCCCCc1c(C)c(C)cc(N)c1N. The van der Waals surface area contributed by atoms with E-state index in [1.165, 1.54) is 42.4 Å². The van der Waals surface area contributed by atoms with E-state index < -0.39 is 0 Å². The largest absolute Gasteiger partial charge is 0.397 e. The van der Waals surface area contributed by atoms with Crippen molar-refractivity contribution < 1.29 is 0 Å². The molecule has 16 heavy (non-hydrogen) atoms. The maximum absolute atomic E-state index is 6.04. The van der Waals surface area contributed by atoms with Crippen LogP contribution in [0.4, 0.5) is 11.4 Å². The molecule has 0 aliphatic carbocycles. The predicted octanol–water partition coefficient (Wildman–Crippen LogP) is 3.59. The Hall–Kier alpha value is -1.18. The van der Waals surface area contributed by atoms with Crippen LogP contribution >= 0.6 is 0 Å². The van der Waals surface area contributed by atoms with Crippen LogP contribution in [0.15, 0.2) is 6.07 Å². The lowest BCUT2D eigenvalue weighted by atomic mass is 9.95. The minimum atomic E-state index is 0.730. The molecule has 0 radical (unpaired) electrons. The first kappa shape index (κ1) is 12.9. The summed E-state index contributed by atoms with van der Waals surface area (Å²) in [6.45, 7) is 6.46. The lowest BCUT2D eigenvalue weighted by Crippen LogP contribution is -2.04. The van der Waals surface area contributed by atoms with Gasteiger partial charge in [-0.2, -0.15) is 0 Å². The zero-order chi connectivity index (χ0) is 12.1. The Morgan fingerprint density at radius 3 is 2.38 bits per heavy atom. The highest BCUT2D eigenvalue weighted by Crippen LogP contribution is 2.28. The summed E-state index contributed by atoms with van der Waals surface area (Å²) < 4.78 is 0. The van der Waals surface area contributed by atoms with Crippen molar-refractivity contribution in [3.05, 3.63) is 22.8 Å². The van der Waals surface area contributed by atoms with E-state index in [4.69, 9.17) is 11.5 Å². The Kier molecular flexibility index (Phi) is 4.66. The standard InChI is InChI=1S/C14H24N2/c1-4-5-6-7-8-12-11(3)10(2)9-13(15)14(12)16/h9H,4-8,15-16H2,1-3H3. The highest BCUT2D eigenvalue weighted by Gasteiger charge is 2.08. The molecule has 0 atom stereocenters. The summed E-state index contributed by atoms with van der Waals surface area (Å²) in [6.07, 6.45) is 6.12. The summed E-state index contributed by atoms with van der Waals surface area (Å²) in [6, 6.07) is 1.97. The Balaban J connectivity index is 2.78. The second-order valence-electron chi connectivity index (χ2n) is 4.61. The molecule has 0 aromatic heterocycles. The van der Waals surface area contributed by atoms with Crippen molar-refractivity contribution in [2.45, 2.75) is 52.9 Å². The van der Waals surface area contributed by atoms with Gasteiger partial charge in [-0.1, -0.05) is 26.2 Å². The summed E-state index contributed by atoms with van der Waals surface area (Å²) in [5, 5.41) is 0.